The van der Waals surface area contributed by atoms with Crippen LogP contribution in [0.25, 0.3) is 0 Å². The Hall–Kier alpha value is -2.91. The minimum Gasteiger partial charge on any atom is -0.369 e. The molecule has 3 nitrogen and oxygen atoms in total. The lowest BCUT2D eigenvalue weighted by atomic mass is 9.97. The van der Waals surface area contributed by atoms with E-state index in [4.69, 9.17) is 0 Å². The van der Waals surface area contributed by atoms with Gasteiger partial charge >= 0.3 is 0 Å². The first-order valence-corrected chi connectivity index (χ1v) is 12.0. The second kappa shape index (κ2) is 11.6. The largest absolute Gasteiger partial charge is 0.369 e. The van der Waals surface area contributed by atoms with E-state index >= 15 is 0 Å². The van der Waals surface area contributed by atoms with Crippen molar-refractivity contribution in [3.05, 3.63) is 102 Å². The molecule has 3 aromatic rings. The first-order valence-electron chi connectivity index (χ1n) is 12.0. The highest BCUT2D eigenvalue weighted by molar-refractivity contribution is 5.95. The smallest absolute Gasteiger partial charge is 0.162 e. The van der Waals surface area contributed by atoms with E-state index in [9.17, 15) is 4.79 Å². The molecule has 0 spiro atoms. The van der Waals surface area contributed by atoms with Crippen molar-refractivity contribution in [1.82, 2.24) is 4.90 Å². The van der Waals surface area contributed by atoms with Crippen LogP contribution < -0.4 is 4.90 Å². The lowest BCUT2D eigenvalue weighted by Crippen LogP contribution is -2.46. The average molecular weight is 427 g/mol. The Morgan fingerprint density at radius 3 is 1.88 bits per heavy atom. The molecular formula is C29H34N2O. The van der Waals surface area contributed by atoms with Crippen molar-refractivity contribution < 1.29 is 4.79 Å². The Kier molecular flexibility index (Phi) is 8.11. The number of ketones is 1. The minimum atomic E-state index is 0.248. The predicted octanol–water partition coefficient (Wildman–Crippen LogP) is 5.65. The molecule has 0 saturated carbocycles. The zero-order valence-electron chi connectivity index (χ0n) is 19.0. The Morgan fingerprint density at radius 1 is 0.656 bits per heavy atom. The zero-order chi connectivity index (χ0) is 22.0. The first-order chi connectivity index (χ1) is 15.8. The molecule has 0 N–H and O–H groups in total. The molecule has 0 atom stereocenters. The Balaban J connectivity index is 1.20. The summed E-state index contributed by atoms with van der Waals surface area (Å²) >= 11 is 0. The van der Waals surface area contributed by atoms with Crippen molar-refractivity contribution in [1.29, 1.82) is 0 Å². The van der Waals surface area contributed by atoms with E-state index in [-0.39, 0.29) is 5.78 Å². The Bertz CT molecular complexity index is 963. The van der Waals surface area contributed by atoms with Crippen LogP contribution in [0.5, 0.6) is 0 Å². The van der Waals surface area contributed by atoms with Crippen molar-refractivity contribution in [3.8, 4) is 0 Å². The van der Waals surface area contributed by atoms with E-state index in [1.54, 1.807) is 0 Å². The van der Waals surface area contributed by atoms with E-state index < -0.39 is 0 Å². The minimum absolute atomic E-state index is 0.248. The third-order valence-electron chi connectivity index (χ3n) is 6.48. The molecule has 0 aromatic heterocycles. The fourth-order valence-corrected chi connectivity index (χ4v) is 4.61. The number of aryl methyl sites for hydroxylation is 2. The van der Waals surface area contributed by atoms with E-state index in [2.05, 4.69) is 64.4 Å². The van der Waals surface area contributed by atoms with Gasteiger partial charge in [0.2, 0.25) is 0 Å². The number of carbonyl (C=O) groups excluding carboxylic acids is 1. The highest BCUT2D eigenvalue weighted by Crippen LogP contribution is 2.18. The van der Waals surface area contributed by atoms with Crippen LogP contribution in [0, 0.1) is 0 Å². The molecule has 4 rings (SSSR count). The van der Waals surface area contributed by atoms with Gasteiger partial charge in [-0.25, -0.2) is 0 Å². The standard InChI is InChI=1S/C29H34N2O/c32-29(27-13-3-1-4-14-27)19-9-15-25-11-7-8-12-26(25)16-10-20-30-21-23-31(24-22-30)28-17-5-2-6-18-28/h1-8,11-14,17-18H,9-10,15-16,19-24H2. The molecule has 1 fully saturated rings. The highest BCUT2D eigenvalue weighted by Gasteiger charge is 2.16. The van der Waals surface area contributed by atoms with Crippen molar-refractivity contribution in [3.63, 3.8) is 0 Å². The van der Waals surface area contributed by atoms with Crippen molar-refractivity contribution in [2.24, 2.45) is 0 Å². The molecule has 166 valence electrons. The van der Waals surface area contributed by atoms with Gasteiger partial charge in [-0.1, -0.05) is 72.8 Å². The van der Waals surface area contributed by atoms with Gasteiger partial charge < -0.3 is 4.90 Å². The summed E-state index contributed by atoms with van der Waals surface area (Å²) < 4.78 is 0. The SMILES string of the molecule is O=C(CCCc1ccccc1CCCN1CCN(c2ccccc2)CC1)c1ccccc1. The number of hydrogen-bond acceptors (Lipinski definition) is 3. The fraction of sp³-hybridized carbons (Fsp3) is 0.345. The number of piperazine rings is 1. The molecule has 0 unspecified atom stereocenters. The monoisotopic (exact) mass is 426 g/mol. The molecule has 1 saturated heterocycles. The van der Waals surface area contributed by atoms with Gasteiger partial charge in [0.25, 0.3) is 0 Å². The number of benzene rings is 3. The van der Waals surface area contributed by atoms with Crippen LogP contribution in [0.1, 0.15) is 40.7 Å². The molecule has 3 aromatic carbocycles. The topological polar surface area (TPSA) is 23.6 Å². The Labute approximate surface area is 192 Å². The summed E-state index contributed by atoms with van der Waals surface area (Å²) in [5.41, 5.74) is 5.02. The normalized spacial score (nSPS) is 14.4. The summed E-state index contributed by atoms with van der Waals surface area (Å²) in [5.74, 6) is 0.248. The zero-order valence-corrected chi connectivity index (χ0v) is 19.0. The van der Waals surface area contributed by atoms with Gasteiger partial charge in [0, 0.05) is 43.9 Å². The third kappa shape index (κ3) is 6.30. The predicted molar refractivity (Wildman–Crippen MR) is 134 cm³/mol. The summed E-state index contributed by atoms with van der Waals surface area (Å²) in [4.78, 5) is 17.5. The maximum Gasteiger partial charge on any atom is 0.162 e. The van der Waals surface area contributed by atoms with Gasteiger partial charge in [-0.3, -0.25) is 9.69 Å². The molecule has 0 bridgehead atoms. The van der Waals surface area contributed by atoms with Gasteiger partial charge in [-0.05, 0) is 55.5 Å². The third-order valence-corrected chi connectivity index (χ3v) is 6.48. The molecule has 32 heavy (non-hydrogen) atoms. The van der Waals surface area contributed by atoms with Crippen LogP contribution in [0.2, 0.25) is 0 Å². The number of Topliss-reactive ketones (excluding diaryl/α,β-unsaturated/α-hetero) is 1. The number of hydrogen-bond donors (Lipinski definition) is 0. The molecule has 1 heterocycles. The lowest BCUT2D eigenvalue weighted by Gasteiger charge is -2.36. The Morgan fingerprint density at radius 2 is 1.22 bits per heavy atom. The van der Waals surface area contributed by atoms with Gasteiger partial charge in [0.1, 0.15) is 0 Å². The van der Waals surface area contributed by atoms with Crippen molar-refractivity contribution in [2.75, 3.05) is 37.6 Å². The number of para-hydroxylation sites is 1. The van der Waals surface area contributed by atoms with Crippen LogP contribution in [0.15, 0.2) is 84.9 Å². The van der Waals surface area contributed by atoms with Gasteiger partial charge in [-0.15, -0.1) is 0 Å². The summed E-state index contributed by atoms with van der Waals surface area (Å²) in [7, 11) is 0. The van der Waals surface area contributed by atoms with Crippen molar-refractivity contribution >= 4 is 11.5 Å². The molecule has 0 radical (unpaired) electrons. The van der Waals surface area contributed by atoms with E-state index in [0.29, 0.717) is 6.42 Å². The summed E-state index contributed by atoms with van der Waals surface area (Å²) in [6.07, 6.45) is 4.80. The summed E-state index contributed by atoms with van der Waals surface area (Å²) in [6, 6.07) is 29.2. The maximum absolute atomic E-state index is 12.4. The second-order valence-corrected chi connectivity index (χ2v) is 8.68. The van der Waals surface area contributed by atoms with Crippen LogP contribution in [-0.2, 0) is 12.8 Å². The number of carbonyl (C=O) groups is 1. The van der Waals surface area contributed by atoms with Crippen LogP contribution >= 0.6 is 0 Å². The summed E-state index contributed by atoms with van der Waals surface area (Å²) in [5, 5.41) is 0. The van der Waals surface area contributed by atoms with Gasteiger partial charge in [0.15, 0.2) is 5.78 Å². The molecular weight excluding hydrogens is 392 g/mol. The highest BCUT2D eigenvalue weighted by atomic mass is 16.1. The molecule has 0 amide bonds. The van der Waals surface area contributed by atoms with Gasteiger partial charge in [-0.2, -0.15) is 0 Å². The van der Waals surface area contributed by atoms with Crippen LogP contribution in [0.3, 0.4) is 0 Å². The maximum atomic E-state index is 12.4. The quantitative estimate of drug-likeness (QED) is 0.392. The van der Waals surface area contributed by atoms with E-state index in [1.807, 2.05) is 30.3 Å². The summed E-state index contributed by atoms with van der Waals surface area (Å²) in [6.45, 7) is 5.64. The number of anilines is 1. The molecule has 1 aliphatic heterocycles. The first kappa shape index (κ1) is 22.3. The van der Waals surface area contributed by atoms with Gasteiger partial charge in [0.05, 0.1) is 0 Å². The number of nitrogens with zero attached hydrogens (tertiary/aromatic N) is 2. The molecule has 1 aliphatic rings. The molecule has 0 aliphatic carbocycles. The van der Waals surface area contributed by atoms with Crippen molar-refractivity contribution in [2.45, 2.75) is 32.1 Å². The lowest BCUT2D eigenvalue weighted by molar-refractivity contribution is 0.0980. The average Bonchev–Trinajstić information content (AvgIpc) is 2.86. The molecule has 3 heteroatoms. The van der Waals surface area contributed by atoms with E-state index in [1.165, 1.54) is 23.2 Å². The van der Waals surface area contributed by atoms with E-state index in [0.717, 1.165) is 57.5 Å². The fourth-order valence-electron chi connectivity index (χ4n) is 4.61. The number of rotatable bonds is 10. The second-order valence-electron chi connectivity index (χ2n) is 8.68. The van der Waals surface area contributed by atoms with Crippen LogP contribution in [-0.4, -0.2) is 43.4 Å². The van der Waals surface area contributed by atoms with Crippen LogP contribution in [0.4, 0.5) is 5.69 Å².